The molecule has 1 aliphatic carbocycles. The van der Waals surface area contributed by atoms with Crippen molar-refractivity contribution in [2.24, 2.45) is 5.92 Å². The van der Waals surface area contributed by atoms with E-state index in [1.165, 1.54) is 25.0 Å². The number of hydrogen-bond acceptors (Lipinski definition) is 3. The fourth-order valence-electron chi connectivity index (χ4n) is 1.68. The first-order chi connectivity index (χ1) is 9.06. The molecule has 0 unspecified atom stereocenters. The van der Waals surface area contributed by atoms with E-state index in [1.807, 2.05) is 0 Å². The van der Waals surface area contributed by atoms with Crippen LogP contribution in [0.4, 0.5) is 5.69 Å². The smallest absolute Gasteiger partial charge is 0.337 e. The summed E-state index contributed by atoms with van der Waals surface area (Å²) in [6.07, 6.45) is 2.46. The van der Waals surface area contributed by atoms with Crippen molar-refractivity contribution < 1.29 is 14.7 Å². The number of carbonyl (C=O) groups excluding carboxylic acids is 1. The summed E-state index contributed by atoms with van der Waals surface area (Å²) in [5, 5.41) is 14.8. The molecule has 1 aliphatic rings. The number of nitrogens with one attached hydrogen (secondary N) is 2. The van der Waals surface area contributed by atoms with Gasteiger partial charge in [0.25, 0.3) is 0 Å². The van der Waals surface area contributed by atoms with E-state index in [9.17, 15) is 9.59 Å². The molecular formula is C13H15ClN2O3. The van der Waals surface area contributed by atoms with Crippen LogP contribution in [0.2, 0.25) is 5.02 Å². The van der Waals surface area contributed by atoms with Gasteiger partial charge in [0.1, 0.15) is 0 Å². The fraction of sp³-hybridized carbons (Fsp3) is 0.385. The van der Waals surface area contributed by atoms with Crippen molar-refractivity contribution in [1.29, 1.82) is 0 Å². The van der Waals surface area contributed by atoms with Crippen molar-refractivity contribution in [1.82, 2.24) is 5.32 Å². The van der Waals surface area contributed by atoms with Gasteiger partial charge >= 0.3 is 5.97 Å². The van der Waals surface area contributed by atoms with E-state index in [4.69, 9.17) is 16.7 Å². The van der Waals surface area contributed by atoms with Crippen LogP contribution in [-0.4, -0.2) is 30.1 Å². The summed E-state index contributed by atoms with van der Waals surface area (Å²) in [6.45, 7) is 1.08. The van der Waals surface area contributed by atoms with Crippen LogP contribution in [0.15, 0.2) is 18.2 Å². The van der Waals surface area contributed by atoms with Crippen LogP contribution in [0.1, 0.15) is 23.2 Å². The van der Waals surface area contributed by atoms with E-state index in [0.717, 1.165) is 6.54 Å². The molecule has 5 nitrogen and oxygen atoms in total. The maximum absolute atomic E-state index is 11.6. The van der Waals surface area contributed by atoms with E-state index in [2.05, 4.69) is 10.6 Å². The minimum Gasteiger partial charge on any atom is -0.478 e. The van der Waals surface area contributed by atoms with E-state index in [1.54, 1.807) is 6.07 Å². The molecule has 0 aliphatic heterocycles. The highest BCUT2D eigenvalue weighted by molar-refractivity contribution is 6.33. The first-order valence-electron chi connectivity index (χ1n) is 6.09. The van der Waals surface area contributed by atoms with Gasteiger partial charge in [-0.1, -0.05) is 11.6 Å². The molecule has 3 N–H and O–H groups in total. The zero-order chi connectivity index (χ0) is 13.8. The second-order valence-corrected chi connectivity index (χ2v) is 5.03. The summed E-state index contributed by atoms with van der Waals surface area (Å²) < 4.78 is 0. The Morgan fingerprint density at radius 2 is 2.11 bits per heavy atom. The SMILES string of the molecule is O=C(CNCC1CC1)Nc1ccc(Cl)c(C(=O)O)c1. The number of halogens is 1. The topological polar surface area (TPSA) is 78.4 Å². The van der Waals surface area contributed by atoms with Crippen LogP contribution in [0.5, 0.6) is 0 Å². The van der Waals surface area contributed by atoms with Gasteiger partial charge in [0.15, 0.2) is 0 Å². The molecule has 0 saturated heterocycles. The standard InChI is InChI=1S/C13H15ClN2O3/c14-11-4-3-9(5-10(11)13(18)19)16-12(17)7-15-6-8-1-2-8/h3-5,8,15H,1-2,6-7H2,(H,16,17)(H,18,19). The lowest BCUT2D eigenvalue weighted by atomic mass is 10.2. The number of anilines is 1. The predicted octanol–water partition coefficient (Wildman–Crippen LogP) is 1.98. The molecule has 0 radical (unpaired) electrons. The lowest BCUT2D eigenvalue weighted by Gasteiger charge is -2.08. The minimum atomic E-state index is -1.12. The minimum absolute atomic E-state index is 0.0228. The molecule has 1 fully saturated rings. The summed E-state index contributed by atoms with van der Waals surface area (Å²) >= 11 is 5.75. The third-order valence-corrected chi connectivity index (χ3v) is 3.23. The Hall–Kier alpha value is -1.59. The van der Waals surface area contributed by atoms with Crippen LogP contribution in [0.3, 0.4) is 0 Å². The van der Waals surface area contributed by atoms with E-state index < -0.39 is 5.97 Å². The number of rotatable bonds is 6. The number of carbonyl (C=O) groups is 2. The Balaban J connectivity index is 1.88. The zero-order valence-corrected chi connectivity index (χ0v) is 11.0. The van der Waals surface area contributed by atoms with Crippen molar-refractivity contribution in [3.8, 4) is 0 Å². The highest BCUT2D eigenvalue weighted by Crippen LogP contribution is 2.27. The first-order valence-corrected chi connectivity index (χ1v) is 6.47. The quantitative estimate of drug-likeness (QED) is 0.745. The van der Waals surface area contributed by atoms with E-state index in [0.29, 0.717) is 11.6 Å². The van der Waals surface area contributed by atoms with E-state index in [-0.39, 0.29) is 23.0 Å². The number of aromatic carboxylic acids is 1. The van der Waals surface area contributed by atoms with E-state index >= 15 is 0 Å². The molecule has 1 saturated carbocycles. The number of carboxylic acid groups (broad SMARTS) is 1. The van der Waals surface area contributed by atoms with Gasteiger partial charge in [-0.25, -0.2) is 4.79 Å². The second kappa shape index (κ2) is 6.04. The first kappa shape index (κ1) is 13.8. The Labute approximate surface area is 116 Å². The summed E-state index contributed by atoms with van der Waals surface area (Å²) in [5.74, 6) is -0.603. The van der Waals surface area contributed by atoms with Gasteiger partial charge in [-0.05, 0) is 43.5 Å². The molecule has 1 aromatic rings. The maximum atomic E-state index is 11.6. The summed E-state index contributed by atoms with van der Waals surface area (Å²) in [6, 6.07) is 4.38. The van der Waals surface area contributed by atoms with Crippen LogP contribution in [-0.2, 0) is 4.79 Å². The maximum Gasteiger partial charge on any atom is 0.337 e. The third kappa shape index (κ3) is 4.22. The zero-order valence-electron chi connectivity index (χ0n) is 10.3. The van der Waals surface area contributed by atoms with Crippen molar-refractivity contribution in [3.05, 3.63) is 28.8 Å². The van der Waals surface area contributed by atoms with Crippen LogP contribution in [0.25, 0.3) is 0 Å². The molecule has 0 aromatic heterocycles. The van der Waals surface area contributed by atoms with Gasteiger partial charge in [-0.15, -0.1) is 0 Å². The lowest BCUT2D eigenvalue weighted by Crippen LogP contribution is -2.29. The number of hydrogen-bond donors (Lipinski definition) is 3. The van der Waals surface area contributed by atoms with Gasteiger partial charge in [-0.3, -0.25) is 4.79 Å². The molecule has 0 heterocycles. The van der Waals surface area contributed by atoms with Crippen LogP contribution >= 0.6 is 11.6 Å². The van der Waals surface area contributed by atoms with Gasteiger partial charge in [0, 0.05) is 5.69 Å². The van der Waals surface area contributed by atoms with Gasteiger partial charge in [0.05, 0.1) is 17.1 Å². The molecule has 6 heteroatoms. The predicted molar refractivity (Wildman–Crippen MR) is 72.6 cm³/mol. The van der Waals surface area contributed by atoms with Crippen molar-refractivity contribution >= 4 is 29.2 Å². The molecular weight excluding hydrogens is 268 g/mol. The summed E-state index contributed by atoms with van der Waals surface area (Å²) in [5.41, 5.74) is 0.408. The molecule has 19 heavy (non-hydrogen) atoms. The number of amides is 1. The molecule has 2 rings (SSSR count). The largest absolute Gasteiger partial charge is 0.478 e. The summed E-state index contributed by atoms with van der Waals surface area (Å²) in [7, 11) is 0. The normalized spacial score (nSPS) is 14.2. The Kier molecular flexibility index (Phi) is 4.39. The molecule has 0 bridgehead atoms. The molecule has 0 atom stereocenters. The van der Waals surface area contributed by atoms with Gasteiger partial charge in [-0.2, -0.15) is 0 Å². The third-order valence-electron chi connectivity index (χ3n) is 2.90. The summed E-state index contributed by atoms with van der Waals surface area (Å²) in [4.78, 5) is 22.5. The Morgan fingerprint density at radius 3 is 2.74 bits per heavy atom. The highest BCUT2D eigenvalue weighted by Gasteiger charge is 2.20. The van der Waals surface area contributed by atoms with Crippen molar-refractivity contribution in [3.63, 3.8) is 0 Å². The lowest BCUT2D eigenvalue weighted by molar-refractivity contribution is -0.115. The number of carboxylic acids is 1. The molecule has 102 valence electrons. The van der Waals surface area contributed by atoms with Gasteiger partial charge < -0.3 is 15.7 Å². The second-order valence-electron chi connectivity index (χ2n) is 4.62. The van der Waals surface area contributed by atoms with Crippen molar-refractivity contribution in [2.75, 3.05) is 18.4 Å². The van der Waals surface area contributed by atoms with Crippen LogP contribution < -0.4 is 10.6 Å². The highest BCUT2D eigenvalue weighted by atomic mass is 35.5. The average molecular weight is 283 g/mol. The van der Waals surface area contributed by atoms with Crippen LogP contribution in [0, 0.1) is 5.92 Å². The molecule has 1 amide bonds. The fourth-order valence-corrected chi connectivity index (χ4v) is 1.88. The Morgan fingerprint density at radius 1 is 1.37 bits per heavy atom. The molecule has 0 spiro atoms. The molecule has 1 aromatic carbocycles. The average Bonchev–Trinajstić information content (AvgIpc) is 3.15. The monoisotopic (exact) mass is 282 g/mol. The van der Waals surface area contributed by atoms with Gasteiger partial charge in [0.2, 0.25) is 5.91 Å². The van der Waals surface area contributed by atoms with Crippen molar-refractivity contribution in [2.45, 2.75) is 12.8 Å². The Bertz CT molecular complexity index is 501. The number of benzene rings is 1.